The van der Waals surface area contributed by atoms with Crippen molar-refractivity contribution in [1.82, 2.24) is 0 Å². The summed E-state index contributed by atoms with van der Waals surface area (Å²) in [6.07, 6.45) is 3.30. The van der Waals surface area contributed by atoms with E-state index in [0.29, 0.717) is 6.54 Å². The van der Waals surface area contributed by atoms with E-state index >= 15 is 0 Å². The van der Waals surface area contributed by atoms with Crippen LogP contribution in [0.25, 0.3) is 5.57 Å². The largest absolute Gasteiger partial charge is 0.404 e. The van der Waals surface area contributed by atoms with Crippen LogP contribution in [0.2, 0.25) is 0 Å². The number of benzene rings is 1. The van der Waals surface area contributed by atoms with E-state index in [1.54, 1.807) is 6.21 Å². The first-order valence-electron chi connectivity index (χ1n) is 5.26. The lowest BCUT2D eigenvalue weighted by molar-refractivity contribution is 1.26. The van der Waals surface area contributed by atoms with Gasteiger partial charge in [-0.2, -0.15) is 0 Å². The quantitative estimate of drug-likeness (QED) is 0.769. The van der Waals surface area contributed by atoms with Crippen LogP contribution in [0.5, 0.6) is 0 Å². The summed E-state index contributed by atoms with van der Waals surface area (Å²) in [5.41, 5.74) is 9.70. The van der Waals surface area contributed by atoms with E-state index in [9.17, 15) is 0 Å². The lowest BCUT2D eigenvalue weighted by atomic mass is 10.1. The summed E-state index contributed by atoms with van der Waals surface area (Å²) in [5, 5.41) is 0. The molecule has 0 fully saturated rings. The minimum atomic E-state index is 0.605. The summed E-state index contributed by atoms with van der Waals surface area (Å²) < 4.78 is 0. The number of hydrogen-bond acceptors (Lipinski definition) is 2. The van der Waals surface area contributed by atoms with Crippen LogP contribution >= 0.6 is 0 Å². The van der Waals surface area contributed by atoms with Crippen molar-refractivity contribution in [2.24, 2.45) is 10.7 Å². The summed E-state index contributed by atoms with van der Waals surface area (Å²) >= 11 is 0. The third-order valence-corrected chi connectivity index (χ3v) is 2.30. The van der Waals surface area contributed by atoms with Crippen LogP contribution in [0.1, 0.15) is 18.1 Å². The molecule has 0 radical (unpaired) electrons. The molecule has 0 aliphatic rings. The van der Waals surface area contributed by atoms with Crippen LogP contribution in [0, 0.1) is 6.92 Å². The Morgan fingerprint density at radius 3 is 2.56 bits per heavy atom. The van der Waals surface area contributed by atoms with Gasteiger partial charge in [0, 0.05) is 6.21 Å². The number of hydrogen-bond donors (Lipinski definition) is 1. The molecule has 0 heterocycles. The maximum absolute atomic E-state index is 5.34. The molecule has 2 nitrogen and oxygen atoms in total. The van der Waals surface area contributed by atoms with Gasteiger partial charge in [0.15, 0.2) is 0 Å². The third kappa shape index (κ3) is 3.73. The molecule has 0 aromatic heterocycles. The molecule has 0 spiro atoms. The molecule has 1 rings (SSSR count). The Hall–Kier alpha value is -1.83. The predicted molar refractivity (Wildman–Crippen MR) is 71.5 cm³/mol. The molecule has 0 amide bonds. The van der Waals surface area contributed by atoms with E-state index in [4.69, 9.17) is 5.73 Å². The predicted octanol–water partition coefficient (Wildman–Crippen LogP) is 2.94. The zero-order chi connectivity index (χ0) is 12.0. The van der Waals surface area contributed by atoms with Crippen LogP contribution < -0.4 is 5.73 Å². The Labute approximate surface area is 97.2 Å². The van der Waals surface area contributed by atoms with Crippen molar-refractivity contribution in [2.75, 3.05) is 6.54 Å². The number of nitrogens with two attached hydrogens (primary N) is 1. The van der Waals surface area contributed by atoms with E-state index in [0.717, 1.165) is 16.7 Å². The maximum atomic E-state index is 5.34. The minimum absolute atomic E-state index is 0.605. The highest BCUT2D eigenvalue weighted by Gasteiger charge is 1.96. The summed E-state index contributed by atoms with van der Waals surface area (Å²) in [5.74, 6) is 0. The fourth-order valence-corrected chi connectivity index (χ4v) is 1.22. The fraction of sp³-hybridized carbons (Fsp3) is 0.214. The van der Waals surface area contributed by atoms with Crippen LogP contribution in [0.4, 0.5) is 0 Å². The third-order valence-electron chi connectivity index (χ3n) is 2.30. The number of aliphatic imine (C=N–C) groups is 1. The molecule has 0 bridgehead atoms. The van der Waals surface area contributed by atoms with Crippen molar-refractivity contribution in [3.63, 3.8) is 0 Å². The summed E-state index contributed by atoms with van der Waals surface area (Å²) in [4.78, 5) is 4.27. The Kier molecular flexibility index (Phi) is 4.52. The highest BCUT2D eigenvalue weighted by Crippen LogP contribution is 2.13. The van der Waals surface area contributed by atoms with Gasteiger partial charge in [0.1, 0.15) is 0 Å². The molecule has 0 aliphatic heterocycles. The summed E-state index contributed by atoms with van der Waals surface area (Å²) in [7, 11) is 0. The molecule has 84 valence electrons. The molecule has 0 unspecified atom stereocenters. The standard InChI is InChI=1S/C14H18N2/c1-11-4-6-14(7-5-11)13(3)10-16-9-12(2)8-15/h4-9H,3,10,15H2,1-2H3. The topological polar surface area (TPSA) is 38.4 Å². The van der Waals surface area contributed by atoms with Gasteiger partial charge in [-0.1, -0.05) is 36.4 Å². The summed E-state index contributed by atoms with van der Waals surface area (Å²) in [6.45, 7) is 8.60. The van der Waals surface area contributed by atoms with Gasteiger partial charge in [-0.05, 0) is 36.8 Å². The fourth-order valence-electron chi connectivity index (χ4n) is 1.22. The number of rotatable bonds is 4. The Balaban J connectivity index is 2.60. The van der Waals surface area contributed by atoms with Crippen molar-refractivity contribution in [1.29, 1.82) is 0 Å². The molecule has 16 heavy (non-hydrogen) atoms. The molecule has 2 heteroatoms. The number of nitrogens with zero attached hydrogens (tertiary/aromatic N) is 1. The van der Waals surface area contributed by atoms with Gasteiger partial charge in [-0.25, -0.2) is 0 Å². The molecule has 0 atom stereocenters. The average Bonchev–Trinajstić information content (AvgIpc) is 2.29. The highest BCUT2D eigenvalue weighted by molar-refractivity contribution is 5.78. The second-order valence-electron chi connectivity index (χ2n) is 3.85. The SMILES string of the molecule is C=C(CN=CC(C)=CN)c1ccc(C)cc1. The van der Waals surface area contributed by atoms with E-state index in [-0.39, 0.29) is 0 Å². The first-order chi connectivity index (χ1) is 7.63. The van der Waals surface area contributed by atoms with Crippen molar-refractivity contribution in [3.05, 3.63) is 53.7 Å². The van der Waals surface area contributed by atoms with E-state index in [1.807, 2.05) is 6.92 Å². The van der Waals surface area contributed by atoms with Crippen LogP contribution in [0.15, 0.2) is 47.6 Å². The van der Waals surface area contributed by atoms with Gasteiger partial charge >= 0.3 is 0 Å². The highest BCUT2D eigenvalue weighted by atomic mass is 14.7. The van der Waals surface area contributed by atoms with Crippen molar-refractivity contribution >= 4 is 11.8 Å². The lowest BCUT2D eigenvalue weighted by Gasteiger charge is -2.02. The van der Waals surface area contributed by atoms with Gasteiger partial charge in [0.25, 0.3) is 0 Å². The Bertz CT molecular complexity index is 411. The molecule has 1 aromatic rings. The zero-order valence-electron chi connectivity index (χ0n) is 9.90. The van der Waals surface area contributed by atoms with Crippen molar-refractivity contribution < 1.29 is 0 Å². The van der Waals surface area contributed by atoms with Crippen LogP contribution in [0.3, 0.4) is 0 Å². The maximum Gasteiger partial charge on any atom is 0.0639 e. The van der Waals surface area contributed by atoms with Gasteiger partial charge in [0.2, 0.25) is 0 Å². The lowest BCUT2D eigenvalue weighted by Crippen LogP contribution is -1.90. The number of allylic oxidation sites excluding steroid dienone is 1. The first-order valence-corrected chi connectivity index (χ1v) is 5.26. The zero-order valence-corrected chi connectivity index (χ0v) is 9.90. The molecule has 0 saturated heterocycles. The minimum Gasteiger partial charge on any atom is -0.404 e. The normalized spacial score (nSPS) is 12.0. The second-order valence-corrected chi connectivity index (χ2v) is 3.85. The van der Waals surface area contributed by atoms with Gasteiger partial charge in [0.05, 0.1) is 6.54 Å². The van der Waals surface area contributed by atoms with E-state index in [1.165, 1.54) is 11.8 Å². The van der Waals surface area contributed by atoms with Crippen LogP contribution in [-0.2, 0) is 0 Å². The monoisotopic (exact) mass is 214 g/mol. The molecule has 2 N–H and O–H groups in total. The molecular weight excluding hydrogens is 196 g/mol. The smallest absolute Gasteiger partial charge is 0.0639 e. The first kappa shape index (κ1) is 12.2. The summed E-state index contributed by atoms with van der Waals surface area (Å²) in [6, 6.07) is 8.29. The second kappa shape index (κ2) is 5.91. The van der Waals surface area contributed by atoms with Gasteiger partial charge in [-0.3, -0.25) is 4.99 Å². The van der Waals surface area contributed by atoms with Crippen molar-refractivity contribution in [2.45, 2.75) is 13.8 Å². The Morgan fingerprint density at radius 2 is 2.00 bits per heavy atom. The molecule has 1 aromatic carbocycles. The molecular formula is C14H18N2. The molecule has 0 aliphatic carbocycles. The average molecular weight is 214 g/mol. The van der Waals surface area contributed by atoms with Crippen molar-refractivity contribution in [3.8, 4) is 0 Å². The van der Waals surface area contributed by atoms with E-state index in [2.05, 4.69) is 42.8 Å². The molecule has 0 saturated carbocycles. The van der Waals surface area contributed by atoms with Gasteiger partial charge < -0.3 is 5.73 Å². The van der Waals surface area contributed by atoms with E-state index < -0.39 is 0 Å². The number of aryl methyl sites for hydroxylation is 1. The van der Waals surface area contributed by atoms with Gasteiger partial charge in [-0.15, -0.1) is 0 Å². The Morgan fingerprint density at radius 1 is 1.38 bits per heavy atom. The van der Waals surface area contributed by atoms with Crippen LogP contribution in [-0.4, -0.2) is 12.8 Å².